The number of hydrogen-bond donors (Lipinski definition) is 1. The molecule has 3 rings (SSSR count). The summed E-state index contributed by atoms with van der Waals surface area (Å²) in [6.45, 7) is 8.99. The number of carbonyl (C=O) groups excluding carboxylic acids is 1. The van der Waals surface area contributed by atoms with Gasteiger partial charge in [0.2, 0.25) is 0 Å². The molecule has 0 fully saturated rings. The average Bonchev–Trinajstić information content (AvgIpc) is 2.92. The number of halogens is 1. The van der Waals surface area contributed by atoms with Gasteiger partial charge in [0.05, 0.1) is 11.3 Å². The second-order valence-corrected chi connectivity index (χ2v) is 9.61. The van der Waals surface area contributed by atoms with Gasteiger partial charge in [0.15, 0.2) is 0 Å². The van der Waals surface area contributed by atoms with Crippen LogP contribution in [-0.2, 0) is 12.8 Å². The van der Waals surface area contributed by atoms with Gasteiger partial charge < -0.3 is 5.32 Å². The second-order valence-electron chi connectivity index (χ2n) is 7.79. The zero-order valence-electron chi connectivity index (χ0n) is 14.7. The summed E-state index contributed by atoms with van der Waals surface area (Å²) in [7, 11) is 0. The lowest BCUT2D eigenvalue weighted by molar-refractivity contribution is 0.102. The van der Waals surface area contributed by atoms with E-state index in [9.17, 15) is 4.79 Å². The lowest BCUT2D eigenvalue weighted by atomic mass is 9.72. The van der Waals surface area contributed by atoms with Gasteiger partial charge in [-0.25, -0.2) is 0 Å². The van der Waals surface area contributed by atoms with Gasteiger partial charge >= 0.3 is 0 Å². The first kappa shape index (κ1) is 17.7. The Morgan fingerprint density at radius 1 is 1.33 bits per heavy atom. The quantitative estimate of drug-likeness (QED) is 0.630. The van der Waals surface area contributed by atoms with E-state index in [0.717, 1.165) is 28.6 Å². The largest absolute Gasteiger partial charge is 0.321 e. The van der Waals surface area contributed by atoms with Gasteiger partial charge in [-0.15, -0.1) is 11.3 Å². The summed E-state index contributed by atoms with van der Waals surface area (Å²) in [6.07, 6.45) is 3.28. The minimum absolute atomic E-state index is 0.00580. The van der Waals surface area contributed by atoms with Crippen molar-refractivity contribution in [3.05, 3.63) is 49.6 Å². The van der Waals surface area contributed by atoms with Crippen molar-refractivity contribution in [3.63, 3.8) is 0 Å². The van der Waals surface area contributed by atoms with Crippen molar-refractivity contribution < 1.29 is 4.79 Å². The Bertz CT molecular complexity index is 772. The molecule has 1 aliphatic carbocycles. The van der Waals surface area contributed by atoms with E-state index in [1.165, 1.54) is 22.4 Å². The molecule has 0 radical (unpaired) electrons. The molecule has 2 aromatic rings. The minimum Gasteiger partial charge on any atom is -0.321 e. The van der Waals surface area contributed by atoms with Gasteiger partial charge in [-0.1, -0.05) is 26.8 Å². The first-order valence-electron chi connectivity index (χ1n) is 8.42. The zero-order valence-corrected chi connectivity index (χ0v) is 17.1. The van der Waals surface area contributed by atoms with E-state index >= 15 is 0 Å². The van der Waals surface area contributed by atoms with E-state index in [0.29, 0.717) is 11.3 Å². The molecule has 0 saturated heterocycles. The molecule has 1 heterocycles. The van der Waals surface area contributed by atoms with Gasteiger partial charge in [-0.3, -0.25) is 4.79 Å². The number of benzene rings is 1. The molecule has 1 atom stereocenters. The van der Waals surface area contributed by atoms with Crippen molar-refractivity contribution in [3.8, 4) is 0 Å². The van der Waals surface area contributed by atoms with Crippen LogP contribution in [0.25, 0.3) is 0 Å². The van der Waals surface area contributed by atoms with Crippen molar-refractivity contribution in [2.75, 3.05) is 5.32 Å². The van der Waals surface area contributed by atoms with Gasteiger partial charge in [0.25, 0.3) is 5.91 Å². The van der Waals surface area contributed by atoms with Crippen LogP contribution >= 0.6 is 27.3 Å². The first-order valence-corrected chi connectivity index (χ1v) is 10.1. The Morgan fingerprint density at radius 2 is 2.08 bits per heavy atom. The third kappa shape index (κ3) is 3.60. The van der Waals surface area contributed by atoms with E-state index < -0.39 is 0 Å². The summed E-state index contributed by atoms with van der Waals surface area (Å²) in [5, 5.41) is 5.09. The third-order valence-corrected chi connectivity index (χ3v) is 6.70. The molecule has 1 aliphatic rings. The SMILES string of the molecule is Cc1ccc(NC(=O)c2csc3c2CCC(C(C)(C)C)C3)c(Br)c1. The number of nitrogens with one attached hydrogen (secondary N) is 1. The maximum Gasteiger partial charge on any atom is 0.256 e. The van der Waals surface area contributed by atoms with Crippen molar-refractivity contribution >= 4 is 38.9 Å². The molecule has 0 spiro atoms. The number of rotatable bonds is 2. The Balaban J connectivity index is 1.79. The Kier molecular flexibility index (Phi) is 4.89. The standard InChI is InChI=1S/C20H24BrNOS/c1-12-5-8-17(16(21)9-12)22-19(23)15-11-24-18-10-13(20(2,3)4)6-7-14(15)18/h5,8-9,11,13H,6-7,10H2,1-4H3,(H,22,23). The van der Waals surface area contributed by atoms with E-state index in [1.807, 2.05) is 30.5 Å². The summed E-state index contributed by atoms with van der Waals surface area (Å²) in [5.41, 5.74) is 4.45. The topological polar surface area (TPSA) is 29.1 Å². The fraction of sp³-hybridized carbons (Fsp3) is 0.450. The normalized spacial score (nSPS) is 17.5. The summed E-state index contributed by atoms with van der Waals surface area (Å²) in [6, 6.07) is 5.98. The lowest BCUT2D eigenvalue weighted by Gasteiger charge is -2.34. The zero-order chi connectivity index (χ0) is 17.5. The third-order valence-electron chi connectivity index (χ3n) is 5.00. The Morgan fingerprint density at radius 3 is 2.75 bits per heavy atom. The fourth-order valence-corrected chi connectivity index (χ4v) is 5.11. The molecule has 24 heavy (non-hydrogen) atoms. The monoisotopic (exact) mass is 405 g/mol. The molecule has 0 bridgehead atoms. The number of hydrogen-bond acceptors (Lipinski definition) is 2. The van der Waals surface area contributed by atoms with Crippen LogP contribution in [0.5, 0.6) is 0 Å². The van der Waals surface area contributed by atoms with E-state index in [2.05, 4.69) is 42.0 Å². The molecule has 1 aromatic carbocycles. The summed E-state index contributed by atoms with van der Waals surface area (Å²) >= 11 is 5.28. The first-order chi connectivity index (χ1) is 11.3. The average molecular weight is 406 g/mol. The highest BCUT2D eigenvalue weighted by molar-refractivity contribution is 9.10. The molecule has 4 heteroatoms. The minimum atomic E-state index is 0.00580. The highest BCUT2D eigenvalue weighted by Gasteiger charge is 2.31. The van der Waals surface area contributed by atoms with Crippen LogP contribution in [0.2, 0.25) is 0 Å². The van der Waals surface area contributed by atoms with Crippen molar-refractivity contribution in [2.24, 2.45) is 11.3 Å². The van der Waals surface area contributed by atoms with E-state index in [4.69, 9.17) is 0 Å². The molecule has 128 valence electrons. The number of anilines is 1. The highest BCUT2D eigenvalue weighted by Crippen LogP contribution is 2.40. The van der Waals surface area contributed by atoms with Gasteiger partial charge in [-0.2, -0.15) is 0 Å². The smallest absolute Gasteiger partial charge is 0.256 e. The Labute approximate surface area is 156 Å². The highest BCUT2D eigenvalue weighted by atomic mass is 79.9. The van der Waals surface area contributed by atoms with Crippen molar-refractivity contribution in [1.82, 2.24) is 0 Å². The molecule has 1 unspecified atom stereocenters. The van der Waals surface area contributed by atoms with Gasteiger partial charge in [0.1, 0.15) is 0 Å². The molecular formula is C20H24BrNOS. The van der Waals surface area contributed by atoms with Crippen LogP contribution in [0, 0.1) is 18.3 Å². The molecule has 0 aliphatic heterocycles. The van der Waals surface area contributed by atoms with Crippen LogP contribution in [0.15, 0.2) is 28.1 Å². The predicted molar refractivity (Wildman–Crippen MR) is 106 cm³/mol. The molecule has 2 nitrogen and oxygen atoms in total. The summed E-state index contributed by atoms with van der Waals surface area (Å²) in [4.78, 5) is 14.1. The summed E-state index contributed by atoms with van der Waals surface area (Å²) in [5.74, 6) is 0.706. The predicted octanol–water partition coefficient (Wildman–Crippen LogP) is 6.22. The molecule has 1 amide bonds. The fourth-order valence-electron chi connectivity index (χ4n) is 3.35. The van der Waals surface area contributed by atoms with Crippen LogP contribution in [0.3, 0.4) is 0 Å². The van der Waals surface area contributed by atoms with Crippen LogP contribution in [-0.4, -0.2) is 5.91 Å². The number of thiophene rings is 1. The molecule has 1 N–H and O–H groups in total. The number of amides is 1. The molecule has 0 saturated carbocycles. The molecular weight excluding hydrogens is 382 g/mol. The van der Waals surface area contributed by atoms with E-state index in [1.54, 1.807) is 11.3 Å². The van der Waals surface area contributed by atoms with Crippen molar-refractivity contribution in [1.29, 1.82) is 0 Å². The lowest BCUT2D eigenvalue weighted by Crippen LogP contribution is -2.27. The molecule has 1 aromatic heterocycles. The second kappa shape index (κ2) is 6.64. The number of fused-ring (bicyclic) bond motifs is 1. The van der Waals surface area contributed by atoms with Crippen LogP contribution in [0.4, 0.5) is 5.69 Å². The summed E-state index contributed by atoms with van der Waals surface area (Å²) < 4.78 is 0.924. The van der Waals surface area contributed by atoms with Crippen LogP contribution in [0.1, 0.15) is 53.6 Å². The van der Waals surface area contributed by atoms with Crippen LogP contribution < -0.4 is 5.32 Å². The van der Waals surface area contributed by atoms with Crippen molar-refractivity contribution in [2.45, 2.75) is 47.0 Å². The maximum atomic E-state index is 12.7. The van der Waals surface area contributed by atoms with E-state index in [-0.39, 0.29) is 5.91 Å². The maximum absolute atomic E-state index is 12.7. The number of aryl methyl sites for hydroxylation is 1. The number of carbonyl (C=O) groups is 1. The van der Waals surface area contributed by atoms with Gasteiger partial charge in [0, 0.05) is 14.7 Å². The Hall–Kier alpha value is -1.13. The van der Waals surface area contributed by atoms with Gasteiger partial charge in [-0.05, 0) is 76.7 Å².